The van der Waals surface area contributed by atoms with Gasteiger partial charge in [-0.3, -0.25) is 0 Å². The van der Waals surface area contributed by atoms with Crippen LogP contribution in [0, 0.1) is 3.95 Å². The Bertz CT molecular complexity index is 727. The summed E-state index contributed by atoms with van der Waals surface area (Å²) < 4.78 is 2.83. The quantitative estimate of drug-likeness (QED) is 0.650. The molecule has 2 aromatic rings. The minimum absolute atomic E-state index is 0.606. The first-order valence-electron chi connectivity index (χ1n) is 9.07. The maximum atomic E-state index is 5.41. The Kier molecular flexibility index (Phi) is 6.22. The van der Waals surface area contributed by atoms with Gasteiger partial charge in [-0.15, -0.1) is 5.10 Å². The minimum atomic E-state index is 0.606. The van der Waals surface area contributed by atoms with Crippen LogP contribution in [0.25, 0.3) is 0 Å². The molecule has 5 nitrogen and oxygen atoms in total. The molecule has 1 aromatic carbocycles. The van der Waals surface area contributed by atoms with Crippen molar-refractivity contribution in [2.45, 2.75) is 33.0 Å². The normalized spacial score (nSPS) is 20.8. The fraction of sp³-hybridized carbons (Fsp3) is 0.556. The summed E-state index contributed by atoms with van der Waals surface area (Å²) in [6.45, 7) is 11.3. The molecule has 0 atom stereocenters. The number of hydrogen-bond acceptors (Lipinski definition) is 4. The molecule has 0 saturated carbocycles. The maximum absolute atomic E-state index is 5.41. The van der Waals surface area contributed by atoms with Crippen LogP contribution in [-0.2, 0) is 13.2 Å². The van der Waals surface area contributed by atoms with Gasteiger partial charge in [0.2, 0.25) is 5.13 Å². The van der Waals surface area contributed by atoms with Gasteiger partial charge in [-0.25, -0.2) is 0 Å². The highest BCUT2D eigenvalue weighted by molar-refractivity contribution is 7.73. The lowest BCUT2D eigenvalue weighted by atomic mass is 10.0. The predicted molar refractivity (Wildman–Crippen MR) is 106 cm³/mol. The van der Waals surface area contributed by atoms with Crippen molar-refractivity contribution in [3.05, 3.63) is 39.3 Å². The van der Waals surface area contributed by atoms with Gasteiger partial charge in [0.1, 0.15) is 32.7 Å². The van der Waals surface area contributed by atoms with E-state index in [9.17, 15) is 0 Å². The van der Waals surface area contributed by atoms with Crippen LogP contribution in [0.2, 0.25) is 0 Å². The van der Waals surface area contributed by atoms with E-state index in [0.717, 1.165) is 22.3 Å². The minimum Gasteiger partial charge on any atom is -0.363 e. The Labute approximate surface area is 159 Å². The van der Waals surface area contributed by atoms with Crippen LogP contribution in [0.4, 0.5) is 5.13 Å². The van der Waals surface area contributed by atoms with Crippen LogP contribution < -0.4 is 15.1 Å². The average molecular weight is 380 g/mol. The Morgan fingerprint density at radius 1 is 1.16 bits per heavy atom. The van der Waals surface area contributed by atoms with Gasteiger partial charge in [0, 0.05) is 12.6 Å². The highest BCUT2D eigenvalue weighted by Crippen LogP contribution is 2.14. The molecule has 1 aliphatic heterocycles. The second-order valence-electron chi connectivity index (χ2n) is 7.15. The molecular weight excluding hydrogens is 350 g/mol. The molecule has 1 aliphatic rings. The van der Waals surface area contributed by atoms with Crippen LogP contribution in [-0.4, -0.2) is 43.0 Å². The number of nitrogens with zero attached hydrogens (tertiary/aromatic N) is 2. The number of hydrogen-bond donors (Lipinski definition) is 3. The topological polar surface area (TPSA) is 38.7 Å². The first-order chi connectivity index (χ1) is 12.0. The molecule has 1 saturated heterocycles. The third kappa shape index (κ3) is 4.88. The zero-order valence-corrected chi connectivity index (χ0v) is 17.0. The number of aromatic nitrogens is 2. The van der Waals surface area contributed by atoms with Crippen LogP contribution in [0.3, 0.4) is 0 Å². The Morgan fingerprint density at radius 2 is 1.80 bits per heavy atom. The van der Waals surface area contributed by atoms with E-state index in [1.807, 2.05) is 11.7 Å². The Morgan fingerprint density at radius 3 is 2.36 bits per heavy atom. The summed E-state index contributed by atoms with van der Waals surface area (Å²) in [7, 11) is 1.89. The van der Waals surface area contributed by atoms with Crippen molar-refractivity contribution in [2.75, 3.05) is 38.5 Å². The first kappa shape index (κ1) is 18.5. The molecular formula is C18H29N5S2+2. The monoisotopic (exact) mass is 379 g/mol. The van der Waals surface area contributed by atoms with Gasteiger partial charge in [-0.1, -0.05) is 49.4 Å². The zero-order chi connectivity index (χ0) is 17.8. The molecule has 1 fully saturated rings. The lowest BCUT2D eigenvalue weighted by molar-refractivity contribution is -1.03. The second kappa shape index (κ2) is 8.40. The molecule has 2 heterocycles. The smallest absolute Gasteiger partial charge is 0.204 e. The van der Waals surface area contributed by atoms with E-state index >= 15 is 0 Å². The average Bonchev–Trinajstić information content (AvgIpc) is 2.97. The van der Waals surface area contributed by atoms with Crippen molar-refractivity contribution >= 4 is 28.7 Å². The van der Waals surface area contributed by atoms with Crippen molar-refractivity contribution in [2.24, 2.45) is 0 Å². The van der Waals surface area contributed by atoms with Crippen LogP contribution >= 0.6 is 23.6 Å². The number of benzene rings is 1. The molecule has 0 amide bonds. The van der Waals surface area contributed by atoms with Crippen molar-refractivity contribution in [3.63, 3.8) is 0 Å². The molecule has 3 rings (SSSR count). The van der Waals surface area contributed by atoms with E-state index in [0.29, 0.717) is 5.92 Å². The number of rotatable bonds is 6. The predicted octanol–water partition coefficient (Wildman–Crippen LogP) is 0.780. The van der Waals surface area contributed by atoms with Crippen molar-refractivity contribution < 1.29 is 9.80 Å². The van der Waals surface area contributed by atoms with Crippen LogP contribution in [0.5, 0.6) is 0 Å². The van der Waals surface area contributed by atoms with Gasteiger partial charge in [0.15, 0.2) is 10.6 Å². The lowest BCUT2D eigenvalue weighted by Gasteiger charge is -2.29. The maximum Gasteiger partial charge on any atom is 0.204 e. The number of anilines is 1. The molecule has 0 unspecified atom stereocenters. The molecule has 3 N–H and O–H groups in total. The third-order valence-electron chi connectivity index (χ3n) is 4.96. The van der Waals surface area contributed by atoms with Gasteiger partial charge in [-0.2, -0.15) is 4.68 Å². The number of nitrogens with one attached hydrogen (secondary N) is 3. The van der Waals surface area contributed by atoms with E-state index in [-0.39, 0.29) is 0 Å². The summed E-state index contributed by atoms with van der Waals surface area (Å²) in [5, 5.41) is 8.50. The van der Waals surface area contributed by atoms with Crippen LogP contribution in [0.15, 0.2) is 24.3 Å². The fourth-order valence-corrected chi connectivity index (χ4v) is 4.28. The molecule has 0 aliphatic carbocycles. The second-order valence-corrected chi connectivity index (χ2v) is 8.78. The van der Waals surface area contributed by atoms with E-state index in [1.165, 1.54) is 37.3 Å². The van der Waals surface area contributed by atoms with Gasteiger partial charge >= 0.3 is 0 Å². The third-order valence-corrected chi connectivity index (χ3v) is 6.28. The standard InChI is InChI=1S/C18H27N5S2/c1-14(2)16-6-4-15(5-7-16)12-21-8-10-22(11-9-21)13-23-18(24)25-17(19-3)20-23/h4-7,14H,8-13H2,1-3H3,(H,19,20)/p+2. The van der Waals surface area contributed by atoms with Crippen molar-refractivity contribution in [3.8, 4) is 0 Å². The van der Waals surface area contributed by atoms with E-state index in [1.54, 1.807) is 21.1 Å². The van der Waals surface area contributed by atoms with Crippen molar-refractivity contribution in [1.82, 2.24) is 9.78 Å². The molecule has 25 heavy (non-hydrogen) atoms. The molecule has 1 aromatic heterocycles. The summed E-state index contributed by atoms with van der Waals surface area (Å²) in [6.07, 6.45) is 0. The van der Waals surface area contributed by atoms with Crippen LogP contribution in [0.1, 0.15) is 30.9 Å². The Balaban J connectivity index is 1.49. The van der Waals surface area contributed by atoms with E-state index in [2.05, 4.69) is 48.5 Å². The number of piperazine rings is 1. The van der Waals surface area contributed by atoms with Crippen molar-refractivity contribution in [1.29, 1.82) is 0 Å². The first-order valence-corrected chi connectivity index (χ1v) is 10.3. The molecule has 0 radical (unpaired) electrons. The van der Waals surface area contributed by atoms with E-state index in [4.69, 9.17) is 12.2 Å². The Hall–Kier alpha value is -1.28. The summed E-state index contributed by atoms with van der Waals surface area (Å²) in [4.78, 5) is 3.25. The summed E-state index contributed by atoms with van der Waals surface area (Å²) in [6, 6.07) is 9.17. The summed E-state index contributed by atoms with van der Waals surface area (Å²) in [5.74, 6) is 0.606. The van der Waals surface area contributed by atoms with Gasteiger partial charge in [0.25, 0.3) is 0 Å². The van der Waals surface area contributed by atoms with E-state index < -0.39 is 0 Å². The fourth-order valence-electron chi connectivity index (χ4n) is 3.32. The zero-order valence-electron chi connectivity index (χ0n) is 15.3. The van der Waals surface area contributed by atoms with Gasteiger partial charge < -0.3 is 15.1 Å². The molecule has 0 spiro atoms. The lowest BCUT2D eigenvalue weighted by Crippen LogP contribution is -3.27. The summed E-state index contributed by atoms with van der Waals surface area (Å²) in [5.41, 5.74) is 2.87. The molecule has 7 heteroatoms. The highest BCUT2D eigenvalue weighted by Gasteiger charge is 2.23. The number of quaternary nitrogens is 2. The highest BCUT2D eigenvalue weighted by atomic mass is 32.1. The van der Waals surface area contributed by atoms with Gasteiger partial charge in [-0.05, 0) is 23.7 Å². The molecule has 136 valence electrons. The molecule has 0 bridgehead atoms. The van der Waals surface area contributed by atoms with Gasteiger partial charge in [0.05, 0.1) is 0 Å². The largest absolute Gasteiger partial charge is 0.363 e. The summed E-state index contributed by atoms with van der Waals surface area (Å²) >= 11 is 6.95. The SMILES string of the molecule is CNc1nn(C[NH+]2CC[NH+](Cc3ccc(C(C)C)cc3)CC2)c(=S)s1.